The molecular weight excluding hydrogens is 542 g/mol. The summed E-state index contributed by atoms with van der Waals surface area (Å²) in [6.45, 7) is -1.32. The third-order valence-corrected chi connectivity index (χ3v) is 7.42. The Morgan fingerprint density at radius 3 is 2.74 bits per heavy atom. The molecule has 0 aliphatic heterocycles. The van der Waals surface area contributed by atoms with Gasteiger partial charge in [-0.15, -0.1) is 0 Å². The highest BCUT2D eigenvalue weighted by Gasteiger charge is 2.27. The first-order chi connectivity index (χ1) is 20.4. The second kappa shape index (κ2) is 9.87. The molecule has 13 heteroatoms. The van der Waals surface area contributed by atoms with E-state index < -0.39 is 12.5 Å². The molecule has 1 atom stereocenters. The standard InChI is InChI=1S/C29H24F2N10O/c1-16-14-23(38-41(16)29(30)31)28(42)36-21-8-5-17-15-18(6-7-19(17)21)40-26(20-4-2-11-33-25(20)32)35-22-9-10-24(37-27(22)40)39-13-3-12-34-39/h2-4,6-7,9-15,21,29H,5,8H2,1H3,(H2,32,33)(H,36,42)/t21-/m0/s1. The molecule has 0 saturated heterocycles. The smallest absolute Gasteiger partial charge is 0.333 e. The van der Waals surface area contributed by atoms with Crippen LogP contribution in [-0.2, 0) is 6.42 Å². The number of nitrogens with two attached hydrogens (primary N) is 1. The number of nitrogens with one attached hydrogen (secondary N) is 1. The van der Waals surface area contributed by atoms with Crippen LogP contribution in [0.1, 0.15) is 46.3 Å². The van der Waals surface area contributed by atoms with Gasteiger partial charge in [0.2, 0.25) is 0 Å². The predicted octanol–water partition coefficient (Wildman–Crippen LogP) is 4.57. The lowest BCUT2D eigenvalue weighted by Gasteiger charge is -2.15. The Hall–Kier alpha value is -5.46. The van der Waals surface area contributed by atoms with E-state index in [2.05, 4.69) is 26.6 Å². The van der Waals surface area contributed by atoms with Crippen LogP contribution in [0.3, 0.4) is 0 Å². The molecule has 6 aromatic rings. The Kier molecular flexibility index (Phi) is 5.99. The van der Waals surface area contributed by atoms with E-state index in [4.69, 9.17) is 15.7 Å². The molecule has 5 aromatic heterocycles. The highest BCUT2D eigenvalue weighted by atomic mass is 19.3. The summed E-state index contributed by atoms with van der Waals surface area (Å²) in [7, 11) is 0. The Balaban J connectivity index is 1.28. The van der Waals surface area contributed by atoms with Gasteiger partial charge in [0.05, 0.1) is 11.6 Å². The summed E-state index contributed by atoms with van der Waals surface area (Å²) < 4.78 is 30.5. The molecule has 11 nitrogen and oxygen atoms in total. The number of fused-ring (bicyclic) bond motifs is 2. The Labute approximate surface area is 237 Å². The number of aryl methyl sites for hydroxylation is 2. The van der Waals surface area contributed by atoms with Crippen LogP contribution in [0.5, 0.6) is 0 Å². The second-order valence-corrected chi connectivity index (χ2v) is 10.0. The van der Waals surface area contributed by atoms with Crippen LogP contribution < -0.4 is 11.1 Å². The number of amides is 1. The number of imidazole rings is 1. The molecule has 1 aliphatic rings. The first kappa shape index (κ1) is 25.5. The summed E-state index contributed by atoms with van der Waals surface area (Å²) in [6, 6.07) is 16.3. The summed E-state index contributed by atoms with van der Waals surface area (Å²) >= 11 is 0. The van der Waals surface area contributed by atoms with Crippen molar-refractivity contribution in [3.8, 4) is 22.9 Å². The van der Waals surface area contributed by atoms with Gasteiger partial charge in [0.15, 0.2) is 23.0 Å². The van der Waals surface area contributed by atoms with Crippen LogP contribution in [-0.4, -0.2) is 45.0 Å². The largest absolute Gasteiger partial charge is 0.383 e. The first-order valence-electron chi connectivity index (χ1n) is 13.3. The van der Waals surface area contributed by atoms with E-state index in [1.165, 1.54) is 13.0 Å². The normalized spacial score (nSPS) is 14.5. The van der Waals surface area contributed by atoms with E-state index in [1.807, 2.05) is 47.2 Å². The predicted molar refractivity (Wildman–Crippen MR) is 150 cm³/mol. The number of anilines is 1. The van der Waals surface area contributed by atoms with Crippen LogP contribution >= 0.6 is 0 Å². The topological polar surface area (TPSA) is 134 Å². The molecule has 7 rings (SSSR count). The molecule has 3 N–H and O–H groups in total. The van der Waals surface area contributed by atoms with Crippen LogP contribution in [0.15, 0.2) is 73.2 Å². The molecule has 0 saturated carbocycles. The quantitative estimate of drug-likeness (QED) is 0.302. The van der Waals surface area contributed by atoms with Crippen molar-refractivity contribution in [3.05, 3.63) is 95.7 Å². The summed E-state index contributed by atoms with van der Waals surface area (Å²) in [5, 5.41) is 11.0. The third-order valence-electron chi connectivity index (χ3n) is 7.42. The molecule has 1 amide bonds. The minimum Gasteiger partial charge on any atom is -0.383 e. The lowest BCUT2D eigenvalue weighted by atomic mass is 10.1. The van der Waals surface area contributed by atoms with Crippen molar-refractivity contribution in [2.24, 2.45) is 0 Å². The number of rotatable bonds is 6. The first-order valence-corrected chi connectivity index (χ1v) is 13.3. The molecule has 5 heterocycles. The lowest BCUT2D eigenvalue weighted by Crippen LogP contribution is -2.27. The minimum atomic E-state index is -2.81. The Morgan fingerprint density at radius 2 is 1.98 bits per heavy atom. The van der Waals surface area contributed by atoms with E-state index in [0.29, 0.717) is 51.7 Å². The zero-order chi connectivity index (χ0) is 29.0. The van der Waals surface area contributed by atoms with Crippen molar-refractivity contribution in [2.75, 3.05) is 5.73 Å². The average molecular weight is 567 g/mol. The number of benzene rings is 1. The summed E-state index contributed by atoms with van der Waals surface area (Å²) in [5.41, 5.74) is 11.2. The summed E-state index contributed by atoms with van der Waals surface area (Å²) in [4.78, 5) is 26.9. The molecule has 1 aromatic carbocycles. The maximum Gasteiger partial charge on any atom is 0.333 e. The monoisotopic (exact) mass is 566 g/mol. The van der Waals surface area contributed by atoms with Gasteiger partial charge in [-0.3, -0.25) is 9.36 Å². The number of carbonyl (C=O) groups excluding carboxylic acids is 1. The fourth-order valence-electron chi connectivity index (χ4n) is 5.43. The molecule has 210 valence electrons. The van der Waals surface area contributed by atoms with Gasteiger partial charge < -0.3 is 11.1 Å². The Bertz CT molecular complexity index is 1960. The van der Waals surface area contributed by atoms with Gasteiger partial charge in [-0.2, -0.15) is 19.0 Å². The zero-order valence-corrected chi connectivity index (χ0v) is 22.3. The number of hydrogen-bond donors (Lipinski definition) is 2. The molecule has 0 bridgehead atoms. The van der Waals surface area contributed by atoms with Crippen molar-refractivity contribution in [1.29, 1.82) is 0 Å². The minimum absolute atomic E-state index is 0.0412. The number of nitrogen functional groups attached to an aromatic ring is 1. The number of alkyl halides is 2. The van der Waals surface area contributed by atoms with Gasteiger partial charge in [0.1, 0.15) is 11.3 Å². The van der Waals surface area contributed by atoms with E-state index in [0.717, 1.165) is 16.8 Å². The molecule has 0 fully saturated rings. The van der Waals surface area contributed by atoms with Crippen molar-refractivity contribution in [3.63, 3.8) is 0 Å². The van der Waals surface area contributed by atoms with E-state index >= 15 is 0 Å². The van der Waals surface area contributed by atoms with Crippen LogP contribution in [0.4, 0.5) is 14.6 Å². The highest BCUT2D eigenvalue weighted by Crippen LogP contribution is 2.36. The van der Waals surface area contributed by atoms with Gasteiger partial charge in [0, 0.05) is 30.0 Å². The number of aromatic nitrogens is 8. The second-order valence-electron chi connectivity index (χ2n) is 10.0. The number of hydrogen-bond acceptors (Lipinski definition) is 7. The number of halogens is 2. The van der Waals surface area contributed by atoms with E-state index in [-0.39, 0.29) is 17.4 Å². The van der Waals surface area contributed by atoms with Crippen molar-refractivity contribution in [1.82, 2.24) is 44.4 Å². The molecule has 42 heavy (non-hydrogen) atoms. The maximum atomic E-state index is 13.2. The van der Waals surface area contributed by atoms with Gasteiger partial charge >= 0.3 is 6.55 Å². The van der Waals surface area contributed by atoms with E-state index in [9.17, 15) is 13.6 Å². The summed E-state index contributed by atoms with van der Waals surface area (Å²) in [5.74, 6) is 1.07. The zero-order valence-electron chi connectivity index (χ0n) is 22.3. The number of carbonyl (C=O) groups is 1. The fourth-order valence-corrected chi connectivity index (χ4v) is 5.43. The summed E-state index contributed by atoms with van der Waals surface area (Å²) in [6.07, 6.45) is 6.50. The SMILES string of the molecule is Cc1cc(C(=O)N[C@H]2CCc3cc(-n4c(-c5cccnc5N)nc5ccc(-n6cccn6)nc54)ccc32)nn1C(F)F. The highest BCUT2D eigenvalue weighted by molar-refractivity contribution is 5.92. The Morgan fingerprint density at radius 1 is 1.10 bits per heavy atom. The number of pyridine rings is 2. The van der Waals surface area contributed by atoms with Crippen LogP contribution in [0, 0.1) is 6.92 Å². The third kappa shape index (κ3) is 4.26. The molecule has 0 radical (unpaired) electrons. The number of nitrogens with zero attached hydrogens (tertiary/aromatic N) is 8. The molecule has 0 unspecified atom stereocenters. The van der Waals surface area contributed by atoms with Crippen molar-refractivity contribution in [2.45, 2.75) is 32.4 Å². The average Bonchev–Trinajstić information content (AvgIpc) is 3.78. The van der Waals surface area contributed by atoms with Gasteiger partial charge in [-0.05, 0) is 79.4 Å². The molecule has 0 spiro atoms. The van der Waals surface area contributed by atoms with Gasteiger partial charge in [0.25, 0.3) is 5.91 Å². The van der Waals surface area contributed by atoms with E-state index in [1.54, 1.807) is 23.1 Å². The van der Waals surface area contributed by atoms with Crippen molar-refractivity contribution >= 4 is 22.9 Å². The fraction of sp³-hybridized carbons (Fsp3) is 0.172. The lowest BCUT2D eigenvalue weighted by molar-refractivity contribution is 0.0538. The van der Waals surface area contributed by atoms with Gasteiger partial charge in [-0.1, -0.05) is 6.07 Å². The molecule has 1 aliphatic carbocycles. The van der Waals surface area contributed by atoms with Gasteiger partial charge in [-0.25, -0.2) is 24.3 Å². The maximum absolute atomic E-state index is 13.2. The van der Waals surface area contributed by atoms with Crippen molar-refractivity contribution < 1.29 is 13.6 Å². The van der Waals surface area contributed by atoms with Crippen LogP contribution in [0.2, 0.25) is 0 Å². The van der Waals surface area contributed by atoms with Crippen LogP contribution in [0.25, 0.3) is 34.1 Å². The molecular formula is C29H24F2N10O.